The third-order valence-corrected chi connectivity index (χ3v) is 2.10. The molecule has 0 unspecified atom stereocenters. The van der Waals surface area contributed by atoms with Crippen molar-refractivity contribution in [1.82, 2.24) is 9.97 Å². The van der Waals surface area contributed by atoms with Gasteiger partial charge in [0.05, 0.1) is 0 Å². The summed E-state index contributed by atoms with van der Waals surface area (Å²) in [4.78, 5) is 8.26. The van der Waals surface area contributed by atoms with Gasteiger partial charge in [-0.2, -0.15) is 0 Å². The van der Waals surface area contributed by atoms with Crippen LogP contribution in [-0.4, -0.2) is 16.0 Å². The fourth-order valence-electron chi connectivity index (χ4n) is 1.43. The SMILES string of the molecule is Cc1ccc(Nc2cc(NC(C)C)ncn2)o1. The van der Waals surface area contributed by atoms with E-state index in [9.17, 15) is 0 Å². The van der Waals surface area contributed by atoms with E-state index in [2.05, 4.69) is 34.4 Å². The topological polar surface area (TPSA) is 63.0 Å². The number of hydrogen-bond acceptors (Lipinski definition) is 5. The molecule has 5 heteroatoms. The largest absolute Gasteiger partial charge is 0.446 e. The molecule has 0 saturated heterocycles. The van der Waals surface area contributed by atoms with Crippen molar-refractivity contribution in [3.05, 3.63) is 30.3 Å². The maximum atomic E-state index is 5.42. The zero-order chi connectivity index (χ0) is 12.3. The van der Waals surface area contributed by atoms with Gasteiger partial charge in [0.1, 0.15) is 23.7 Å². The number of nitrogens with zero attached hydrogens (tertiary/aromatic N) is 2. The van der Waals surface area contributed by atoms with Gasteiger partial charge in [0.2, 0.25) is 0 Å². The van der Waals surface area contributed by atoms with E-state index in [1.54, 1.807) is 0 Å². The maximum Gasteiger partial charge on any atom is 0.198 e. The van der Waals surface area contributed by atoms with Crippen LogP contribution in [0.3, 0.4) is 0 Å². The van der Waals surface area contributed by atoms with Gasteiger partial charge in [-0.25, -0.2) is 9.97 Å². The quantitative estimate of drug-likeness (QED) is 0.848. The summed E-state index contributed by atoms with van der Waals surface area (Å²) in [6.45, 7) is 6.02. The summed E-state index contributed by atoms with van der Waals surface area (Å²) in [7, 11) is 0. The Morgan fingerprint density at radius 2 is 1.94 bits per heavy atom. The van der Waals surface area contributed by atoms with E-state index in [1.165, 1.54) is 6.33 Å². The number of furan rings is 1. The third-order valence-electron chi connectivity index (χ3n) is 2.10. The molecule has 0 bridgehead atoms. The van der Waals surface area contributed by atoms with E-state index in [4.69, 9.17) is 4.42 Å². The lowest BCUT2D eigenvalue weighted by Gasteiger charge is -2.09. The number of aromatic nitrogens is 2. The highest BCUT2D eigenvalue weighted by Gasteiger charge is 2.02. The molecule has 5 nitrogen and oxygen atoms in total. The predicted octanol–water partition coefficient (Wildman–Crippen LogP) is 2.94. The van der Waals surface area contributed by atoms with Crippen molar-refractivity contribution >= 4 is 17.5 Å². The molecule has 2 aromatic heterocycles. The normalized spacial score (nSPS) is 10.6. The standard InChI is InChI=1S/C12H16N4O/c1-8(2)15-10-6-11(14-7-13-10)16-12-5-4-9(3)17-12/h4-8H,1-3H3,(H2,13,14,15,16). The Hall–Kier alpha value is -2.04. The first-order valence-electron chi connectivity index (χ1n) is 5.55. The second-order valence-corrected chi connectivity index (χ2v) is 4.12. The van der Waals surface area contributed by atoms with Crippen LogP contribution in [-0.2, 0) is 0 Å². The van der Waals surface area contributed by atoms with Crippen molar-refractivity contribution in [3.63, 3.8) is 0 Å². The summed E-state index contributed by atoms with van der Waals surface area (Å²) in [5, 5.41) is 6.29. The molecule has 0 atom stereocenters. The lowest BCUT2D eigenvalue weighted by atomic mass is 10.4. The first-order chi connectivity index (χ1) is 8.13. The molecular formula is C12H16N4O. The van der Waals surface area contributed by atoms with Crippen LogP contribution in [0.25, 0.3) is 0 Å². The van der Waals surface area contributed by atoms with Crippen molar-refractivity contribution in [2.45, 2.75) is 26.8 Å². The molecule has 0 aliphatic heterocycles. The molecule has 0 aliphatic rings. The molecule has 0 fully saturated rings. The molecule has 0 aromatic carbocycles. The smallest absolute Gasteiger partial charge is 0.198 e. The Morgan fingerprint density at radius 1 is 1.18 bits per heavy atom. The highest BCUT2D eigenvalue weighted by atomic mass is 16.4. The zero-order valence-electron chi connectivity index (χ0n) is 10.2. The molecule has 17 heavy (non-hydrogen) atoms. The molecule has 2 rings (SSSR count). The van der Waals surface area contributed by atoms with E-state index in [0.29, 0.717) is 17.7 Å². The second-order valence-electron chi connectivity index (χ2n) is 4.12. The Labute approximate surface area is 100 Å². The molecule has 2 heterocycles. The molecule has 0 amide bonds. The van der Waals surface area contributed by atoms with E-state index in [1.807, 2.05) is 25.1 Å². The summed E-state index contributed by atoms with van der Waals surface area (Å²) in [6, 6.07) is 5.95. The lowest BCUT2D eigenvalue weighted by molar-refractivity contribution is 0.551. The van der Waals surface area contributed by atoms with Crippen LogP contribution in [0, 0.1) is 6.92 Å². The highest BCUT2D eigenvalue weighted by molar-refractivity contribution is 5.54. The van der Waals surface area contributed by atoms with Gasteiger partial charge in [0.25, 0.3) is 0 Å². The summed E-state index contributed by atoms with van der Waals surface area (Å²) in [5.41, 5.74) is 0. The van der Waals surface area contributed by atoms with Crippen LogP contribution >= 0.6 is 0 Å². The number of nitrogens with one attached hydrogen (secondary N) is 2. The van der Waals surface area contributed by atoms with Crippen molar-refractivity contribution in [2.75, 3.05) is 10.6 Å². The van der Waals surface area contributed by atoms with Crippen molar-refractivity contribution in [3.8, 4) is 0 Å². The van der Waals surface area contributed by atoms with E-state index < -0.39 is 0 Å². The van der Waals surface area contributed by atoms with Crippen LogP contribution in [0.1, 0.15) is 19.6 Å². The fraction of sp³-hybridized carbons (Fsp3) is 0.333. The van der Waals surface area contributed by atoms with Gasteiger partial charge < -0.3 is 15.1 Å². The second kappa shape index (κ2) is 4.86. The van der Waals surface area contributed by atoms with Crippen molar-refractivity contribution in [1.29, 1.82) is 0 Å². The van der Waals surface area contributed by atoms with Crippen LogP contribution in [0.2, 0.25) is 0 Å². The molecule has 2 aromatic rings. The van der Waals surface area contributed by atoms with E-state index >= 15 is 0 Å². The molecule has 90 valence electrons. The predicted molar refractivity (Wildman–Crippen MR) is 67.5 cm³/mol. The Balaban J connectivity index is 2.10. The third kappa shape index (κ3) is 3.21. The first kappa shape index (κ1) is 11.4. The van der Waals surface area contributed by atoms with Crippen LogP contribution < -0.4 is 10.6 Å². The summed E-state index contributed by atoms with van der Waals surface area (Å²) < 4.78 is 5.42. The van der Waals surface area contributed by atoms with Crippen LogP contribution in [0.5, 0.6) is 0 Å². The van der Waals surface area contributed by atoms with E-state index in [0.717, 1.165) is 11.6 Å². The molecule has 0 saturated carbocycles. The number of anilines is 3. The molecule has 0 spiro atoms. The minimum atomic E-state index is 0.337. The van der Waals surface area contributed by atoms with E-state index in [-0.39, 0.29) is 0 Å². The van der Waals surface area contributed by atoms with Gasteiger partial charge in [-0.1, -0.05) is 0 Å². The van der Waals surface area contributed by atoms with Gasteiger partial charge in [-0.15, -0.1) is 0 Å². The summed E-state index contributed by atoms with van der Waals surface area (Å²) >= 11 is 0. The van der Waals surface area contributed by atoms with Gasteiger partial charge in [0, 0.05) is 18.2 Å². The van der Waals surface area contributed by atoms with Crippen molar-refractivity contribution < 1.29 is 4.42 Å². The molecule has 0 aliphatic carbocycles. The average Bonchev–Trinajstić information content (AvgIpc) is 2.63. The molecular weight excluding hydrogens is 216 g/mol. The fourth-order valence-corrected chi connectivity index (χ4v) is 1.43. The summed E-state index contributed by atoms with van der Waals surface area (Å²) in [5.74, 6) is 3.04. The van der Waals surface area contributed by atoms with Crippen LogP contribution in [0.15, 0.2) is 28.9 Å². The number of rotatable bonds is 4. The van der Waals surface area contributed by atoms with Crippen molar-refractivity contribution in [2.24, 2.45) is 0 Å². The minimum Gasteiger partial charge on any atom is -0.446 e. The minimum absolute atomic E-state index is 0.337. The average molecular weight is 232 g/mol. The highest BCUT2D eigenvalue weighted by Crippen LogP contribution is 2.18. The Kier molecular flexibility index (Phi) is 3.27. The number of aryl methyl sites for hydroxylation is 1. The maximum absolute atomic E-state index is 5.42. The molecule has 0 radical (unpaired) electrons. The zero-order valence-corrected chi connectivity index (χ0v) is 10.2. The van der Waals surface area contributed by atoms with Gasteiger partial charge in [0.15, 0.2) is 5.88 Å². The number of hydrogen-bond donors (Lipinski definition) is 2. The molecule has 2 N–H and O–H groups in total. The van der Waals surface area contributed by atoms with Crippen LogP contribution in [0.4, 0.5) is 17.5 Å². The van der Waals surface area contributed by atoms with Gasteiger partial charge in [-0.3, -0.25) is 0 Å². The summed E-state index contributed by atoms with van der Waals surface area (Å²) in [6.07, 6.45) is 1.52. The monoisotopic (exact) mass is 232 g/mol. The Morgan fingerprint density at radius 3 is 2.59 bits per heavy atom. The van der Waals surface area contributed by atoms with Gasteiger partial charge >= 0.3 is 0 Å². The Bertz CT molecular complexity index is 493. The lowest BCUT2D eigenvalue weighted by Crippen LogP contribution is -2.11. The van der Waals surface area contributed by atoms with Gasteiger partial charge in [-0.05, 0) is 26.8 Å². The first-order valence-corrected chi connectivity index (χ1v) is 5.55.